The van der Waals surface area contributed by atoms with Gasteiger partial charge in [0.25, 0.3) is 0 Å². The monoisotopic (exact) mass is 362 g/mol. The lowest BCUT2D eigenvalue weighted by atomic mass is 9.88. The van der Waals surface area contributed by atoms with Gasteiger partial charge in [0.15, 0.2) is 0 Å². The van der Waals surface area contributed by atoms with Gasteiger partial charge in [-0.1, -0.05) is 35.9 Å². The van der Waals surface area contributed by atoms with E-state index in [4.69, 9.17) is 4.98 Å². The number of rotatable bonds is 5. The zero-order valence-electron chi connectivity index (χ0n) is 16.7. The third-order valence-corrected chi connectivity index (χ3v) is 5.86. The molecule has 0 saturated carbocycles. The Bertz CT molecular complexity index is 902. The van der Waals surface area contributed by atoms with E-state index in [1.165, 1.54) is 42.6 Å². The number of hydrogen-bond donors (Lipinski definition) is 2. The molecule has 1 fully saturated rings. The third kappa shape index (κ3) is 3.92. The van der Waals surface area contributed by atoms with Gasteiger partial charge in [-0.05, 0) is 69.9 Å². The second-order valence-corrected chi connectivity index (χ2v) is 7.90. The number of likely N-dealkylation sites (tertiary alicyclic amines) is 1. The van der Waals surface area contributed by atoms with E-state index in [0.29, 0.717) is 5.92 Å². The van der Waals surface area contributed by atoms with E-state index in [0.717, 1.165) is 35.5 Å². The fourth-order valence-corrected chi connectivity index (χ4v) is 4.16. The average molecular weight is 363 g/mol. The van der Waals surface area contributed by atoms with Crippen LogP contribution < -0.4 is 5.32 Å². The van der Waals surface area contributed by atoms with Crippen LogP contribution in [0.5, 0.6) is 0 Å². The van der Waals surface area contributed by atoms with Gasteiger partial charge in [-0.15, -0.1) is 0 Å². The summed E-state index contributed by atoms with van der Waals surface area (Å²) in [6.07, 6.45) is 2.49. The Morgan fingerprint density at radius 2 is 1.85 bits per heavy atom. The third-order valence-electron chi connectivity index (χ3n) is 5.86. The van der Waals surface area contributed by atoms with Crippen molar-refractivity contribution >= 4 is 11.0 Å². The molecule has 0 unspecified atom stereocenters. The van der Waals surface area contributed by atoms with Crippen molar-refractivity contribution in [1.82, 2.24) is 20.2 Å². The first-order valence-electron chi connectivity index (χ1n) is 10.1. The minimum atomic E-state index is 0.657. The van der Waals surface area contributed by atoms with Crippen molar-refractivity contribution in [3.8, 4) is 11.4 Å². The molecule has 1 saturated heterocycles. The van der Waals surface area contributed by atoms with E-state index in [-0.39, 0.29) is 0 Å². The first-order chi connectivity index (χ1) is 13.1. The van der Waals surface area contributed by atoms with E-state index < -0.39 is 0 Å². The molecule has 0 atom stereocenters. The smallest absolute Gasteiger partial charge is 0.138 e. The number of aryl methyl sites for hydroxylation is 2. The number of benzene rings is 2. The van der Waals surface area contributed by atoms with E-state index in [1.807, 2.05) is 7.05 Å². The van der Waals surface area contributed by atoms with E-state index in [2.05, 4.69) is 65.4 Å². The molecule has 4 nitrogen and oxygen atoms in total. The zero-order valence-corrected chi connectivity index (χ0v) is 16.7. The van der Waals surface area contributed by atoms with Gasteiger partial charge < -0.3 is 15.2 Å². The highest BCUT2D eigenvalue weighted by Gasteiger charge is 2.21. The van der Waals surface area contributed by atoms with Crippen molar-refractivity contribution in [2.45, 2.75) is 32.6 Å². The Morgan fingerprint density at radius 3 is 2.56 bits per heavy atom. The summed E-state index contributed by atoms with van der Waals surface area (Å²) in [4.78, 5) is 11.0. The Hall–Kier alpha value is -2.17. The lowest BCUT2D eigenvalue weighted by molar-refractivity contribution is 0.214. The van der Waals surface area contributed by atoms with Crippen molar-refractivity contribution in [3.63, 3.8) is 0 Å². The fraction of sp³-hybridized carbons (Fsp3) is 0.435. The summed E-state index contributed by atoms with van der Waals surface area (Å²) in [6.45, 7) is 8.92. The summed E-state index contributed by atoms with van der Waals surface area (Å²) >= 11 is 0. The Kier molecular flexibility index (Phi) is 5.28. The van der Waals surface area contributed by atoms with Gasteiger partial charge in [-0.3, -0.25) is 0 Å². The standard InChI is InChI=1S/C23H30N4/c1-16-4-6-19(7-5-16)23-25-21-15-20(14-17(2)22(21)26-23)18-8-11-27(12-9-18)13-10-24-3/h4-7,14-15,18,24H,8-13H2,1-3H3,(H,25,26). The highest BCUT2D eigenvalue weighted by Crippen LogP contribution is 2.32. The molecular weight excluding hydrogens is 332 g/mol. The van der Waals surface area contributed by atoms with Crippen molar-refractivity contribution < 1.29 is 0 Å². The summed E-state index contributed by atoms with van der Waals surface area (Å²) in [6, 6.07) is 13.3. The number of H-pyrrole nitrogens is 1. The number of imidazole rings is 1. The maximum Gasteiger partial charge on any atom is 0.138 e. The Balaban J connectivity index is 1.56. The molecule has 142 valence electrons. The first-order valence-corrected chi connectivity index (χ1v) is 10.1. The van der Waals surface area contributed by atoms with Crippen LogP contribution >= 0.6 is 0 Å². The fourth-order valence-electron chi connectivity index (χ4n) is 4.16. The molecule has 2 N–H and O–H groups in total. The molecule has 3 aromatic rings. The SMILES string of the molecule is CNCCN1CCC(c2cc(C)c3nc(-c4ccc(C)cc4)[nH]c3c2)CC1. The molecule has 27 heavy (non-hydrogen) atoms. The van der Waals surface area contributed by atoms with Crippen LogP contribution in [0.2, 0.25) is 0 Å². The molecule has 0 aliphatic carbocycles. The molecule has 4 rings (SSSR count). The number of aromatic nitrogens is 2. The molecule has 1 aliphatic rings. The number of aromatic amines is 1. The van der Waals surface area contributed by atoms with Gasteiger partial charge in [0.2, 0.25) is 0 Å². The predicted octanol–water partition coefficient (Wildman–Crippen LogP) is 4.25. The molecule has 1 aromatic heterocycles. The predicted molar refractivity (Wildman–Crippen MR) is 113 cm³/mol. The molecule has 2 heterocycles. The largest absolute Gasteiger partial charge is 0.338 e. The van der Waals surface area contributed by atoms with E-state index in [9.17, 15) is 0 Å². The Labute approximate surface area is 162 Å². The van der Waals surface area contributed by atoms with Gasteiger partial charge in [0.05, 0.1) is 11.0 Å². The normalized spacial score (nSPS) is 16.3. The number of hydrogen-bond acceptors (Lipinski definition) is 3. The molecule has 1 aliphatic heterocycles. The summed E-state index contributed by atoms with van der Waals surface area (Å²) in [7, 11) is 2.03. The van der Waals surface area contributed by atoms with Crippen molar-refractivity contribution in [1.29, 1.82) is 0 Å². The van der Waals surface area contributed by atoms with Crippen LogP contribution in [0, 0.1) is 13.8 Å². The number of likely N-dealkylation sites (N-methyl/N-ethyl adjacent to an activating group) is 1. The number of nitrogens with one attached hydrogen (secondary N) is 2. The molecule has 4 heteroatoms. The van der Waals surface area contributed by atoms with Gasteiger partial charge >= 0.3 is 0 Å². The lowest BCUT2D eigenvalue weighted by Crippen LogP contribution is -2.37. The molecule has 0 amide bonds. The van der Waals surface area contributed by atoms with Gasteiger partial charge in [0, 0.05) is 18.7 Å². The molecule has 0 spiro atoms. The second-order valence-electron chi connectivity index (χ2n) is 7.90. The van der Waals surface area contributed by atoms with E-state index >= 15 is 0 Å². The lowest BCUT2D eigenvalue weighted by Gasteiger charge is -2.32. The quantitative estimate of drug-likeness (QED) is 0.713. The van der Waals surface area contributed by atoms with Crippen LogP contribution in [0.15, 0.2) is 36.4 Å². The van der Waals surface area contributed by atoms with Gasteiger partial charge in [-0.2, -0.15) is 0 Å². The zero-order chi connectivity index (χ0) is 18.8. The maximum absolute atomic E-state index is 4.87. The minimum absolute atomic E-state index is 0.657. The first kappa shape index (κ1) is 18.2. The van der Waals surface area contributed by atoms with Crippen molar-refractivity contribution in [3.05, 3.63) is 53.1 Å². The van der Waals surface area contributed by atoms with Crippen LogP contribution in [0.3, 0.4) is 0 Å². The number of piperidine rings is 1. The highest BCUT2D eigenvalue weighted by molar-refractivity contribution is 5.83. The van der Waals surface area contributed by atoms with Crippen molar-refractivity contribution in [2.75, 3.05) is 33.2 Å². The summed E-state index contributed by atoms with van der Waals surface area (Å²) in [5, 5.41) is 3.25. The van der Waals surface area contributed by atoms with Crippen LogP contribution in [-0.2, 0) is 0 Å². The van der Waals surface area contributed by atoms with Crippen LogP contribution in [-0.4, -0.2) is 48.1 Å². The topological polar surface area (TPSA) is 44.0 Å². The van der Waals surface area contributed by atoms with Crippen molar-refractivity contribution in [2.24, 2.45) is 0 Å². The van der Waals surface area contributed by atoms with Crippen LogP contribution in [0.25, 0.3) is 22.4 Å². The molecule has 2 aromatic carbocycles. The number of fused-ring (bicyclic) bond motifs is 1. The van der Waals surface area contributed by atoms with Gasteiger partial charge in [-0.25, -0.2) is 4.98 Å². The molecule has 0 bridgehead atoms. The van der Waals surface area contributed by atoms with Gasteiger partial charge in [0.1, 0.15) is 5.82 Å². The van der Waals surface area contributed by atoms with E-state index in [1.54, 1.807) is 0 Å². The summed E-state index contributed by atoms with van der Waals surface area (Å²) < 4.78 is 0. The summed E-state index contributed by atoms with van der Waals surface area (Å²) in [5.74, 6) is 1.62. The maximum atomic E-state index is 4.87. The highest BCUT2D eigenvalue weighted by atomic mass is 15.1. The Morgan fingerprint density at radius 1 is 1.11 bits per heavy atom. The number of nitrogens with zero attached hydrogens (tertiary/aromatic N) is 2. The average Bonchev–Trinajstić information content (AvgIpc) is 3.12. The summed E-state index contributed by atoms with van der Waals surface area (Å²) in [5.41, 5.74) is 7.42. The second kappa shape index (κ2) is 7.83. The molecule has 0 radical (unpaired) electrons. The molecular formula is C23H30N4. The van der Waals surface area contributed by atoms with Crippen LogP contribution in [0.4, 0.5) is 0 Å². The van der Waals surface area contributed by atoms with Crippen LogP contribution in [0.1, 0.15) is 35.4 Å². The minimum Gasteiger partial charge on any atom is -0.338 e.